The number of rotatable bonds is 5. The minimum atomic E-state index is 0.481. The molecule has 1 N–H and O–H groups in total. The SMILES string of the molecule is CCOCc1nc(CC)c(I)c(NC)n1. The second kappa shape index (κ2) is 6.22. The Morgan fingerprint density at radius 1 is 1.33 bits per heavy atom. The number of aromatic nitrogens is 2. The summed E-state index contributed by atoms with van der Waals surface area (Å²) in [6.45, 7) is 5.22. The molecule has 0 aliphatic heterocycles. The molecule has 1 rings (SSSR count). The molecule has 1 aromatic rings. The van der Waals surface area contributed by atoms with Crippen LogP contribution in [0.3, 0.4) is 0 Å². The van der Waals surface area contributed by atoms with Crippen molar-refractivity contribution >= 4 is 28.4 Å². The van der Waals surface area contributed by atoms with E-state index in [0.717, 1.165) is 27.3 Å². The molecule has 0 aliphatic rings. The van der Waals surface area contributed by atoms with E-state index in [1.807, 2.05) is 14.0 Å². The molecule has 0 radical (unpaired) electrons. The second-order valence-corrected chi connectivity index (χ2v) is 4.07. The van der Waals surface area contributed by atoms with E-state index in [1.165, 1.54) is 0 Å². The van der Waals surface area contributed by atoms with Crippen LogP contribution in [0.2, 0.25) is 0 Å². The van der Waals surface area contributed by atoms with Crippen molar-refractivity contribution < 1.29 is 4.74 Å². The van der Waals surface area contributed by atoms with Gasteiger partial charge in [-0.25, -0.2) is 9.97 Å². The summed E-state index contributed by atoms with van der Waals surface area (Å²) < 4.78 is 6.40. The van der Waals surface area contributed by atoms with Crippen LogP contribution < -0.4 is 5.32 Å². The molecule has 0 aromatic carbocycles. The molecule has 0 unspecified atom stereocenters. The molecule has 1 aromatic heterocycles. The van der Waals surface area contributed by atoms with Gasteiger partial charge in [-0.2, -0.15) is 0 Å². The highest BCUT2D eigenvalue weighted by Crippen LogP contribution is 2.19. The fourth-order valence-corrected chi connectivity index (χ4v) is 2.09. The Labute approximate surface area is 104 Å². The predicted octanol–water partition coefficient (Wildman–Crippen LogP) is 2.22. The maximum Gasteiger partial charge on any atom is 0.156 e. The van der Waals surface area contributed by atoms with Gasteiger partial charge in [0.15, 0.2) is 5.82 Å². The van der Waals surface area contributed by atoms with Crippen molar-refractivity contribution in [2.45, 2.75) is 26.9 Å². The highest BCUT2D eigenvalue weighted by Gasteiger charge is 2.09. The minimum Gasteiger partial charge on any atom is -0.374 e. The maximum absolute atomic E-state index is 5.30. The molecule has 4 nitrogen and oxygen atoms in total. The number of hydrogen-bond acceptors (Lipinski definition) is 4. The third kappa shape index (κ3) is 3.27. The number of nitrogens with one attached hydrogen (secondary N) is 1. The number of nitrogens with zero attached hydrogens (tertiary/aromatic N) is 2. The second-order valence-electron chi connectivity index (χ2n) is 2.99. The molecular formula is C10H16IN3O. The Hall–Kier alpha value is -0.430. The Bertz CT molecular complexity index is 305. The minimum absolute atomic E-state index is 0.481. The average Bonchev–Trinajstić information content (AvgIpc) is 2.27. The van der Waals surface area contributed by atoms with Crippen molar-refractivity contribution in [1.29, 1.82) is 0 Å². The molecule has 0 fully saturated rings. The van der Waals surface area contributed by atoms with Crippen molar-refractivity contribution in [1.82, 2.24) is 9.97 Å². The summed E-state index contributed by atoms with van der Waals surface area (Å²) in [5.41, 5.74) is 1.07. The first-order valence-electron chi connectivity index (χ1n) is 5.03. The molecule has 0 amide bonds. The lowest BCUT2D eigenvalue weighted by Crippen LogP contribution is -2.08. The normalized spacial score (nSPS) is 10.4. The van der Waals surface area contributed by atoms with Crippen molar-refractivity contribution in [3.8, 4) is 0 Å². The average molecular weight is 321 g/mol. The smallest absolute Gasteiger partial charge is 0.156 e. The zero-order chi connectivity index (χ0) is 11.3. The van der Waals surface area contributed by atoms with Gasteiger partial charge >= 0.3 is 0 Å². The topological polar surface area (TPSA) is 47.0 Å². The molecule has 0 spiro atoms. The number of halogens is 1. The molecule has 0 bridgehead atoms. The Balaban J connectivity index is 2.98. The van der Waals surface area contributed by atoms with Crippen LogP contribution in [0.4, 0.5) is 5.82 Å². The van der Waals surface area contributed by atoms with Gasteiger partial charge in [0.25, 0.3) is 0 Å². The van der Waals surface area contributed by atoms with Gasteiger partial charge in [-0.15, -0.1) is 0 Å². The third-order valence-corrected chi connectivity index (χ3v) is 3.11. The van der Waals surface area contributed by atoms with Gasteiger partial charge < -0.3 is 10.1 Å². The van der Waals surface area contributed by atoms with Gasteiger partial charge in [0.05, 0.1) is 9.26 Å². The van der Waals surface area contributed by atoms with Crippen LogP contribution in [-0.2, 0) is 17.8 Å². The van der Waals surface area contributed by atoms with Gasteiger partial charge in [0.2, 0.25) is 0 Å². The maximum atomic E-state index is 5.30. The first-order chi connectivity index (χ1) is 7.22. The highest BCUT2D eigenvalue weighted by atomic mass is 127. The summed E-state index contributed by atoms with van der Waals surface area (Å²) in [5, 5.41) is 3.07. The van der Waals surface area contributed by atoms with Crippen molar-refractivity contribution in [3.05, 3.63) is 15.1 Å². The molecule has 0 atom stereocenters. The zero-order valence-corrected chi connectivity index (χ0v) is 11.5. The van der Waals surface area contributed by atoms with Crippen molar-refractivity contribution in [2.75, 3.05) is 19.0 Å². The Kier molecular flexibility index (Phi) is 5.24. The monoisotopic (exact) mass is 321 g/mol. The van der Waals surface area contributed by atoms with Crippen LogP contribution in [0.5, 0.6) is 0 Å². The molecule has 5 heteroatoms. The van der Waals surface area contributed by atoms with Crippen LogP contribution in [0.1, 0.15) is 25.4 Å². The zero-order valence-electron chi connectivity index (χ0n) is 9.30. The van der Waals surface area contributed by atoms with E-state index >= 15 is 0 Å². The summed E-state index contributed by atoms with van der Waals surface area (Å²) in [5.74, 6) is 1.63. The van der Waals surface area contributed by atoms with Crippen LogP contribution in [0, 0.1) is 3.57 Å². The molecule has 0 aliphatic carbocycles. The van der Waals surface area contributed by atoms with Crippen molar-refractivity contribution in [2.24, 2.45) is 0 Å². The van der Waals surface area contributed by atoms with Crippen molar-refractivity contribution in [3.63, 3.8) is 0 Å². The third-order valence-electron chi connectivity index (χ3n) is 1.97. The first kappa shape index (κ1) is 12.6. The van der Waals surface area contributed by atoms with Gasteiger partial charge in [0, 0.05) is 13.7 Å². The van der Waals surface area contributed by atoms with Gasteiger partial charge in [0.1, 0.15) is 12.4 Å². The molecular weight excluding hydrogens is 305 g/mol. The first-order valence-corrected chi connectivity index (χ1v) is 6.11. The van der Waals surface area contributed by atoms with Gasteiger partial charge in [-0.3, -0.25) is 0 Å². The molecule has 0 saturated carbocycles. The quantitative estimate of drug-likeness (QED) is 0.845. The van der Waals surface area contributed by atoms with E-state index in [0.29, 0.717) is 13.2 Å². The van der Waals surface area contributed by atoms with Gasteiger partial charge in [-0.1, -0.05) is 6.92 Å². The summed E-state index contributed by atoms with van der Waals surface area (Å²) in [4.78, 5) is 8.84. The molecule has 0 saturated heterocycles. The summed E-state index contributed by atoms with van der Waals surface area (Å²) >= 11 is 2.27. The Morgan fingerprint density at radius 3 is 2.60 bits per heavy atom. The standard InChI is InChI=1S/C10H16IN3O/c1-4-7-9(11)10(12-3)14-8(13-7)6-15-5-2/h4-6H2,1-3H3,(H,12,13,14). The largest absolute Gasteiger partial charge is 0.374 e. The van der Waals surface area contributed by atoms with E-state index < -0.39 is 0 Å². The Morgan fingerprint density at radius 2 is 2.07 bits per heavy atom. The fourth-order valence-electron chi connectivity index (χ4n) is 1.20. The lowest BCUT2D eigenvalue weighted by Gasteiger charge is -2.09. The summed E-state index contributed by atoms with van der Waals surface area (Å²) in [7, 11) is 1.87. The highest BCUT2D eigenvalue weighted by molar-refractivity contribution is 14.1. The number of hydrogen-bond donors (Lipinski definition) is 1. The summed E-state index contributed by atoms with van der Waals surface area (Å²) in [6.07, 6.45) is 0.911. The number of anilines is 1. The van der Waals surface area contributed by atoms with E-state index in [2.05, 4.69) is 44.8 Å². The fraction of sp³-hybridized carbons (Fsp3) is 0.600. The molecule has 15 heavy (non-hydrogen) atoms. The van der Waals surface area contributed by atoms with Crippen LogP contribution in [0.25, 0.3) is 0 Å². The van der Waals surface area contributed by atoms with E-state index in [1.54, 1.807) is 0 Å². The lowest BCUT2D eigenvalue weighted by molar-refractivity contribution is 0.128. The van der Waals surface area contributed by atoms with Crippen LogP contribution in [-0.4, -0.2) is 23.6 Å². The van der Waals surface area contributed by atoms with Crippen LogP contribution in [0.15, 0.2) is 0 Å². The van der Waals surface area contributed by atoms with Crippen LogP contribution >= 0.6 is 22.6 Å². The van der Waals surface area contributed by atoms with E-state index in [9.17, 15) is 0 Å². The van der Waals surface area contributed by atoms with Gasteiger partial charge in [-0.05, 0) is 35.9 Å². The molecule has 1 heterocycles. The number of aryl methyl sites for hydroxylation is 1. The molecule has 84 valence electrons. The predicted molar refractivity (Wildman–Crippen MR) is 69.0 cm³/mol. The summed E-state index contributed by atoms with van der Waals surface area (Å²) in [6, 6.07) is 0. The lowest BCUT2D eigenvalue weighted by atomic mass is 10.3. The number of ether oxygens (including phenoxy) is 1. The van der Waals surface area contributed by atoms with E-state index in [-0.39, 0.29) is 0 Å². The van der Waals surface area contributed by atoms with E-state index in [4.69, 9.17) is 4.74 Å².